The third kappa shape index (κ3) is 4.77. The van der Waals surface area contributed by atoms with E-state index in [9.17, 15) is 14.7 Å². The van der Waals surface area contributed by atoms with E-state index in [1.807, 2.05) is 78.9 Å². The summed E-state index contributed by atoms with van der Waals surface area (Å²) >= 11 is 0. The number of nitrogens with zero attached hydrogens (tertiary/aromatic N) is 1. The lowest BCUT2D eigenvalue weighted by Crippen LogP contribution is -2.42. The van der Waals surface area contributed by atoms with Crippen molar-refractivity contribution in [3.05, 3.63) is 114 Å². The van der Waals surface area contributed by atoms with Crippen LogP contribution < -0.4 is 5.32 Å². The smallest absolute Gasteiger partial charge is 0.407 e. The number of amides is 1. The molecule has 174 valence electrons. The number of hydrogen-bond acceptors (Lipinski definition) is 4. The Hall–Kier alpha value is -4.45. The second kappa shape index (κ2) is 9.81. The zero-order valence-corrected chi connectivity index (χ0v) is 18.9. The number of pyridine rings is 1. The van der Waals surface area contributed by atoms with Crippen LogP contribution >= 0.6 is 0 Å². The molecule has 1 aliphatic rings. The van der Waals surface area contributed by atoms with Gasteiger partial charge in [0.05, 0.1) is 5.69 Å². The van der Waals surface area contributed by atoms with E-state index in [2.05, 4.69) is 22.4 Å². The number of carbonyl (C=O) groups is 2. The minimum atomic E-state index is -1.12. The number of carbonyl (C=O) groups excluding carboxylic acids is 1. The molecule has 0 spiro atoms. The number of fused-ring (bicyclic) bond motifs is 3. The summed E-state index contributed by atoms with van der Waals surface area (Å²) in [6.07, 6.45) is 1.08. The molecule has 4 aromatic rings. The molecule has 6 heteroatoms. The monoisotopic (exact) mass is 464 g/mol. The third-order valence-electron chi connectivity index (χ3n) is 6.26. The Kier molecular flexibility index (Phi) is 6.26. The molecule has 1 aromatic heterocycles. The van der Waals surface area contributed by atoms with Crippen molar-refractivity contribution < 1.29 is 19.4 Å². The summed E-state index contributed by atoms with van der Waals surface area (Å²) in [6.45, 7) is 0.126. The number of nitrogens with one attached hydrogen (secondary N) is 1. The first-order chi connectivity index (χ1) is 17.1. The van der Waals surface area contributed by atoms with Crippen molar-refractivity contribution in [3.8, 4) is 22.4 Å². The molecule has 35 heavy (non-hydrogen) atoms. The molecule has 0 saturated carbocycles. The van der Waals surface area contributed by atoms with Gasteiger partial charge in [0, 0.05) is 24.1 Å². The van der Waals surface area contributed by atoms with Gasteiger partial charge in [-0.2, -0.15) is 0 Å². The van der Waals surface area contributed by atoms with E-state index in [1.54, 1.807) is 6.20 Å². The Morgan fingerprint density at radius 3 is 2.23 bits per heavy atom. The summed E-state index contributed by atoms with van der Waals surface area (Å²) in [6, 6.07) is 28.1. The van der Waals surface area contributed by atoms with Gasteiger partial charge in [-0.3, -0.25) is 4.98 Å². The van der Waals surface area contributed by atoms with Crippen LogP contribution in [0, 0.1) is 0 Å². The fraction of sp³-hybridized carbons (Fsp3) is 0.138. The van der Waals surface area contributed by atoms with Gasteiger partial charge in [0.15, 0.2) is 0 Å². The van der Waals surface area contributed by atoms with Crippen molar-refractivity contribution in [3.63, 3.8) is 0 Å². The van der Waals surface area contributed by atoms with Crippen molar-refractivity contribution in [2.24, 2.45) is 0 Å². The molecule has 1 heterocycles. The van der Waals surface area contributed by atoms with Crippen LogP contribution in [0.3, 0.4) is 0 Å². The minimum Gasteiger partial charge on any atom is -0.480 e. The summed E-state index contributed by atoms with van der Waals surface area (Å²) in [5.41, 5.74) is 6.92. The number of carboxylic acids is 1. The summed E-state index contributed by atoms with van der Waals surface area (Å²) < 4.78 is 5.53. The van der Waals surface area contributed by atoms with Crippen LogP contribution in [0.5, 0.6) is 0 Å². The predicted octanol–water partition coefficient (Wildman–Crippen LogP) is 5.28. The largest absolute Gasteiger partial charge is 0.480 e. The third-order valence-corrected chi connectivity index (χ3v) is 6.26. The standard InChI is InChI=1S/C29H24N2O4/c32-28(33)27(17-19-8-7-9-20(16-19)26-14-5-6-15-30-26)31-29(34)35-18-25-23-12-3-1-10-21(23)22-11-2-4-13-24(22)25/h1-16,25,27H,17-18H2,(H,31,34)(H,32,33)/t27-/m0/s1. The van der Waals surface area contributed by atoms with E-state index < -0.39 is 18.1 Å². The molecule has 3 aromatic carbocycles. The van der Waals surface area contributed by atoms with Gasteiger partial charge in [-0.25, -0.2) is 9.59 Å². The maximum absolute atomic E-state index is 12.6. The molecule has 5 rings (SSSR count). The van der Waals surface area contributed by atoms with Gasteiger partial charge in [0.2, 0.25) is 0 Å². The SMILES string of the molecule is O=C(N[C@@H](Cc1cccc(-c2ccccn2)c1)C(=O)O)OCC1c2ccccc2-c2ccccc21. The first kappa shape index (κ1) is 22.3. The van der Waals surface area contributed by atoms with E-state index >= 15 is 0 Å². The molecular weight excluding hydrogens is 440 g/mol. The van der Waals surface area contributed by atoms with Crippen molar-refractivity contribution in [2.75, 3.05) is 6.61 Å². The molecule has 0 unspecified atom stereocenters. The molecule has 0 radical (unpaired) electrons. The van der Waals surface area contributed by atoms with Crippen LogP contribution in [0.4, 0.5) is 4.79 Å². The highest BCUT2D eigenvalue weighted by Crippen LogP contribution is 2.44. The quantitative estimate of drug-likeness (QED) is 0.388. The van der Waals surface area contributed by atoms with Gasteiger partial charge < -0.3 is 15.2 Å². The van der Waals surface area contributed by atoms with Crippen LogP contribution in [0.15, 0.2) is 97.2 Å². The highest BCUT2D eigenvalue weighted by atomic mass is 16.5. The van der Waals surface area contributed by atoms with Crippen LogP contribution in [0.1, 0.15) is 22.6 Å². The average Bonchev–Trinajstić information content (AvgIpc) is 3.21. The van der Waals surface area contributed by atoms with Gasteiger partial charge in [-0.05, 0) is 46.0 Å². The number of alkyl carbamates (subject to hydrolysis) is 1. The molecule has 1 aliphatic carbocycles. The molecule has 0 fully saturated rings. The molecule has 1 atom stereocenters. The molecule has 1 amide bonds. The van der Waals surface area contributed by atoms with Gasteiger partial charge in [-0.1, -0.05) is 72.8 Å². The Balaban J connectivity index is 1.26. The number of aromatic nitrogens is 1. The molecule has 0 saturated heterocycles. The number of hydrogen-bond donors (Lipinski definition) is 2. The Bertz CT molecular complexity index is 1320. The van der Waals surface area contributed by atoms with E-state index in [0.717, 1.165) is 39.1 Å². The normalized spacial score (nSPS) is 12.9. The average molecular weight is 465 g/mol. The maximum Gasteiger partial charge on any atom is 0.407 e. The fourth-order valence-electron chi connectivity index (χ4n) is 4.61. The molecule has 0 bridgehead atoms. The number of rotatable bonds is 7. The summed E-state index contributed by atoms with van der Waals surface area (Å²) in [5.74, 6) is -1.21. The number of aliphatic carboxylic acids is 1. The lowest BCUT2D eigenvalue weighted by Gasteiger charge is -2.18. The molecule has 0 aliphatic heterocycles. The van der Waals surface area contributed by atoms with Crippen molar-refractivity contribution in [1.29, 1.82) is 0 Å². The van der Waals surface area contributed by atoms with Gasteiger partial charge in [-0.15, -0.1) is 0 Å². The first-order valence-electron chi connectivity index (χ1n) is 11.4. The number of ether oxygens (including phenoxy) is 1. The fourth-order valence-corrected chi connectivity index (χ4v) is 4.61. The maximum atomic E-state index is 12.6. The molecular formula is C29H24N2O4. The molecule has 2 N–H and O–H groups in total. The minimum absolute atomic E-state index is 0.0912. The van der Waals surface area contributed by atoms with Gasteiger partial charge >= 0.3 is 12.1 Å². The number of benzene rings is 3. The highest BCUT2D eigenvalue weighted by Gasteiger charge is 2.29. The van der Waals surface area contributed by atoms with Crippen LogP contribution in [-0.2, 0) is 16.0 Å². The van der Waals surface area contributed by atoms with Gasteiger partial charge in [0.25, 0.3) is 0 Å². The van der Waals surface area contributed by atoms with E-state index in [4.69, 9.17) is 4.74 Å². The Labute approximate surface area is 203 Å². The Morgan fingerprint density at radius 2 is 1.57 bits per heavy atom. The van der Waals surface area contributed by atoms with E-state index in [1.165, 1.54) is 0 Å². The predicted molar refractivity (Wildman–Crippen MR) is 133 cm³/mol. The summed E-state index contributed by atoms with van der Waals surface area (Å²) in [4.78, 5) is 28.9. The zero-order valence-electron chi connectivity index (χ0n) is 18.9. The highest BCUT2D eigenvalue weighted by molar-refractivity contribution is 5.81. The van der Waals surface area contributed by atoms with Crippen LogP contribution in [-0.4, -0.2) is 34.8 Å². The number of carboxylic acid groups (broad SMARTS) is 1. The molecule has 6 nitrogen and oxygen atoms in total. The second-order valence-electron chi connectivity index (χ2n) is 8.48. The van der Waals surface area contributed by atoms with E-state index in [-0.39, 0.29) is 18.9 Å². The lowest BCUT2D eigenvalue weighted by molar-refractivity contribution is -0.139. The Morgan fingerprint density at radius 1 is 0.886 bits per heavy atom. The summed E-state index contributed by atoms with van der Waals surface area (Å²) in [7, 11) is 0. The van der Waals surface area contributed by atoms with Crippen molar-refractivity contribution >= 4 is 12.1 Å². The van der Waals surface area contributed by atoms with Crippen molar-refractivity contribution in [2.45, 2.75) is 18.4 Å². The zero-order chi connectivity index (χ0) is 24.2. The van der Waals surface area contributed by atoms with Crippen LogP contribution in [0.25, 0.3) is 22.4 Å². The van der Waals surface area contributed by atoms with E-state index in [0.29, 0.717) is 0 Å². The topological polar surface area (TPSA) is 88.5 Å². The second-order valence-corrected chi connectivity index (χ2v) is 8.48. The summed E-state index contributed by atoms with van der Waals surface area (Å²) in [5, 5.41) is 12.2. The van der Waals surface area contributed by atoms with Crippen LogP contribution in [0.2, 0.25) is 0 Å². The van der Waals surface area contributed by atoms with Crippen molar-refractivity contribution in [1.82, 2.24) is 10.3 Å². The first-order valence-corrected chi connectivity index (χ1v) is 11.4. The lowest BCUT2D eigenvalue weighted by atomic mass is 9.98. The van der Waals surface area contributed by atoms with Gasteiger partial charge in [0.1, 0.15) is 12.6 Å².